The van der Waals surface area contributed by atoms with Crippen LogP contribution in [0.5, 0.6) is 0 Å². The number of carbonyl (C=O) groups is 2. The molecule has 0 unspecified atom stereocenters. The fraction of sp³-hybridized carbons (Fsp3) is 0.824. The van der Waals surface area contributed by atoms with Gasteiger partial charge in [0, 0.05) is 33.1 Å². The molecule has 0 aromatic rings. The van der Waals surface area contributed by atoms with Crippen molar-refractivity contribution >= 4 is 11.9 Å². The average molecular weight is 336 g/mol. The number of amides is 3. The first kappa shape index (κ1) is 18.5. The molecule has 1 saturated heterocycles. The highest BCUT2D eigenvalue weighted by molar-refractivity contribution is 5.80. The van der Waals surface area contributed by atoms with Crippen LogP contribution in [0.4, 0.5) is 4.79 Å². The Balaban J connectivity index is 1.59. The highest BCUT2D eigenvalue weighted by Crippen LogP contribution is 2.27. The van der Waals surface area contributed by atoms with Crippen LogP contribution >= 0.6 is 0 Å². The number of urea groups is 1. The lowest BCUT2D eigenvalue weighted by Crippen LogP contribution is -2.42. The lowest BCUT2D eigenvalue weighted by atomic mass is 9.83. The van der Waals surface area contributed by atoms with Crippen LogP contribution < -0.4 is 10.6 Å². The highest BCUT2D eigenvalue weighted by Gasteiger charge is 2.31. The first-order chi connectivity index (χ1) is 11.5. The predicted octanol–water partition coefficient (Wildman–Crippen LogP) is 1.25. The molecule has 134 valence electrons. The van der Waals surface area contributed by atoms with Gasteiger partial charge < -0.3 is 20.3 Å². The lowest BCUT2D eigenvalue weighted by Gasteiger charge is -2.25. The molecule has 1 heterocycles. The van der Waals surface area contributed by atoms with Gasteiger partial charge >= 0.3 is 6.03 Å². The van der Waals surface area contributed by atoms with E-state index in [1.54, 1.807) is 14.1 Å². The van der Waals surface area contributed by atoms with Crippen LogP contribution in [-0.2, 0) is 9.53 Å². The summed E-state index contributed by atoms with van der Waals surface area (Å²) in [4.78, 5) is 25.2. The summed E-state index contributed by atoms with van der Waals surface area (Å²) in [5, 5.41) is 14.6. The lowest BCUT2D eigenvalue weighted by molar-refractivity contribution is -0.140. The maximum Gasteiger partial charge on any atom is 0.314 e. The van der Waals surface area contributed by atoms with Gasteiger partial charge in [0.2, 0.25) is 0 Å². The minimum Gasteiger partial charge on any atom is -0.363 e. The van der Waals surface area contributed by atoms with Crippen molar-refractivity contribution in [3.05, 3.63) is 0 Å². The third kappa shape index (κ3) is 5.38. The zero-order valence-corrected chi connectivity index (χ0v) is 14.6. The first-order valence-electron chi connectivity index (χ1n) is 8.77. The molecular weight excluding hydrogens is 308 g/mol. The predicted molar refractivity (Wildman–Crippen MR) is 89.1 cm³/mol. The van der Waals surface area contributed by atoms with Gasteiger partial charge in [-0.15, -0.1) is 0 Å². The molecule has 0 aromatic heterocycles. The Morgan fingerprint density at radius 1 is 1.08 bits per heavy atom. The number of rotatable bonds is 5. The summed E-state index contributed by atoms with van der Waals surface area (Å²) in [6.07, 6.45) is 4.86. The summed E-state index contributed by atoms with van der Waals surface area (Å²) in [6.45, 7) is 1.07. The molecule has 0 bridgehead atoms. The van der Waals surface area contributed by atoms with Crippen molar-refractivity contribution in [2.24, 2.45) is 11.8 Å². The van der Waals surface area contributed by atoms with Crippen LogP contribution in [0.3, 0.4) is 0 Å². The first-order valence-corrected chi connectivity index (χ1v) is 8.77. The summed E-state index contributed by atoms with van der Waals surface area (Å²) < 4.78 is 5.69. The Morgan fingerprint density at radius 3 is 2.38 bits per heavy atom. The van der Waals surface area contributed by atoms with Crippen molar-refractivity contribution in [3.63, 3.8) is 0 Å². The van der Waals surface area contributed by atoms with E-state index in [1.165, 1.54) is 4.90 Å². The van der Waals surface area contributed by atoms with Crippen molar-refractivity contribution in [2.75, 3.05) is 27.2 Å². The summed E-state index contributed by atoms with van der Waals surface area (Å²) in [7, 11) is 3.43. The van der Waals surface area contributed by atoms with Crippen LogP contribution in [0.25, 0.3) is 0 Å². The summed E-state index contributed by atoms with van der Waals surface area (Å²) >= 11 is 0. The van der Waals surface area contributed by atoms with E-state index in [2.05, 4.69) is 16.7 Å². The van der Waals surface area contributed by atoms with E-state index in [-0.39, 0.29) is 30.1 Å². The van der Waals surface area contributed by atoms with Crippen LogP contribution in [0.15, 0.2) is 0 Å². The maximum atomic E-state index is 11.9. The Labute approximate surface area is 143 Å². The molecule has 1 aliphatic carbocycles. The van der Waals surface area contributed by atoms with Gasteiger partial charge in [-0.1, -0.05) is 0 Å². The van der Waals surface area contributed by atoms with Gasteiger partial charge in [-0.05, 0) is 44.4 Å². The zero-order valence-electron chi connectivity index (χ0n) is 14.6. The second-order valence-corrected chi connectivity index (χ2v) is 6.99. The van der Waals surface area contributed by atoms with Gasteiger partial charge in [0.1, 0.15) is 6.10 Å². The number of hydrogen-bond acceptors (Lipinski definition) is 4. The van der Waals surface area contributed by atoms with Crippen molar-refractivity contribution in [3.8, 4) is 6.07 Å². The second-order valence-electron chi connectivity index (χ2n) is 6.99. The Kier molecular flexibility index (Phi) is 6.85. The van der Waals surface area contributed by atoms with Crippen molar-refractivity contribution in [1.29, 1.82) is 5.26 Å². The highest BCUT2D eigenvalue weighted by atomic mass is 16.5. The molecule has 1 aliphatic heterocycles. The van der Waals surface area contributed by atoms with E-state index >= 15 is 0 Å². The van der Waals surface area contributed by atoms with E-state index in [0.29, 0.717) is 25.4 Å². The Hall–Kier alpha value is -1.81. The minimum atomic E-state index is -0.384. The van der Waals surface area contributed by atoms with Gasteiger partial charge in [-0.25, -0.2) is 4.79 Å². The normalized spacial score (nSPS) is 29.5. The van der Waals surface area contributed by atoms with Gasteiger partial charge in [-0.3, -0.25) is 4.79 Å². The molecule has 0 aromatic carbocycles. The molecule has 2 atom stereocenters. The van der Waals surface area contributed by atoms with Crippen LogP contribution in [0.2, 0.25) is 0 Å². The third-order valence-electron chi connectivity index (χ3n) is 4.89. The standard InChI is InChI=1S/C17H28N4O3/c1-21(2)16(22)15-8-7-14(24-15)11-20-17(23)19-10-13-5-3-12(9-18)4-6-13/h12-15H,3-8,10-11H2,1-2H3,(H2,19,20,23)/t12?,13?,14-,15-/m0/s1. The third-order valence-corrected chi connectivity index (χ3v) is 4.89. The molecule has 2 N–H and O–H groups in total. The molecule has 2 aliphatic rings. The van der Waals surface area contributed by atoms with Gasteiger partial charge in [0.05, 0.1) is 12.2 Å². The van der Waals surface area contributed by atoms with Crippen molar-refractivity contribution in [2.45, 2.75) is 50.7 Å². The summed E-state index contributed by atoms with van der Waals surface area (Å²) in [6, 6.07) is 2.13. The number of nitriles is 1. The summed E-state index contributed by atoms with van der Waals surface area (Å²) in [5.74, 6) is 0.632. The van der Waals surface area contributed by atoms with Gasteiger partial charge in [0.25, 0.3) is 5.91 Å². The number of hydrogen-bond donors (Lipinski definition) is 2. The van der Waals surface area contributed by atoms with Crippen LogP contribution in [-0.4, -0.2) is 56.2 Å². The largest absolute Gasteiger partial charge is 0.363 e. The smallest absolute Gasteiger partial charge is 0.314 e. The van der Waals surface area contributed by atoms with E-state index in [1.807, 2.05) is 0 Å². The quantitative estimate of drug-likeness (QED) is 0.790. The maximum absolute atomic E-state index is 11.9. The second kappa shape index (κ2) is 8.88. The number of nitrogens with zero attached hydrogens (tertiary/aromatic N) is 2. The molecule has 0 radical (unpaired) electrons. The number of carbonyl (C=O) groups excluding carboxylic acids is 2. The molecule has 1 saturated carbocycles. The molecule has 2 fully saturated rings. The van der Waals surface area contributed by atoms with E-state index in [4.69, 9.17) is 10.00 Å². The fourth-order valence-electron chi connectivity index (χ4n) is 3.33. The van der Waals surface area contributed by atoms with Crippen LogP contribution in [0.1, 0.15) is 38.5 Å². The molecule has 3 amide bonds. The van der Waals surface area contributed by atoms with Crippen molar-refractivity contribution in [1.82, 2.24) is 15.5 Å². The molecule has 2 rings (SSSR count). The zero-order chi connectivity index (χ0) is 17.5. The molecule has 7 heteroatoms. The number of likely N-dealkylation sites (N-methyl/N-ethyl adjacent to an activating group) is 1. The van der Waals surface area contributed by atoms with E-state index in [0.717, 1.165) is 32.1 Å². The molecule has 7 nitrogen and oxygen atoms in total. The van der Waals surface area contributed by atoms with E-state index < -0.39 is 0 Å². The summed E-state index contributed by atoms with van der Waals surface area (Å²) in [5.41, 5.74) is 0. The Bertz CT molecular complexity index is 481. The molecular formula is C17H28N4O3. The SMILES string of the molecule is CN(C)C(=O)[C@@H]1CC[C@@H](CNC(=O)NCC2CCC(C#N)CC2)O1. The minimum absolute atomic E-state index is 0.0186. The van der Waals surface area contributed by atoms with Gasteiger partial charge in [-0.2, -0.15) is 5.26 Å². The topological polar surface area (TPSA) is 94.5 Å². The fourth-order valence-corrected chi connectivity index (χ4v) is 3.33. The number of ether oxygens (including phenoxy) is 1. The molecule has 24 heavy (non-hydrogen) atoms. The van der Waals surface area contributed by atoms with Crippen molar-refractivity contribution < 1.29 is 14.3 Å². The van der Waals surface area contributed by atoms with Crippen LogP contribution in [0, 0.1) is 23.2 Å². The monoisotopic (exact) mass is 336 g/mol. The Morgan fingerprint density at radius 2 is 1.75 bits per heavy atom. The molecule has 0 spiro atoms. The number of nitrogens with one attached hydrogen (secondary N) is 2. The van der Waals surface area contributed by atoms with E-state index in [9.17, 15) is 9.59 Å². The average Bonchev–Trinajstić information content (AvgIpc) is 3.06. The van der Waals surface area contributed by atoms with Gasteiger partial charge in [0.15, 0.2) is 0 Å².